The highest BCUT2D eigenvalue weighted by molar-refractivity contribution is 6.31. The first-order valence-electron chi connectivity index (χ1n) is 5.99. The zero-order valence-electron chi connectivity index (χ0n) is 10.1. The molecule has 2 aromatic carbocycles. The van der Waals surface area contributed by atoms with Gasteiger partial charge in [0, 0.05) is 21.6 Å². The molecular formula is C16H11Cl2N. The maximum absolute atomic E-state index is 6.01. The van der Waals surface area contributed by atoms with Crippen molar-refractivity contribution in [3.63, 3.8) is 0 Å². The summed E-state index contributed by atoms with van der Waals surface area (Å²) < 4.78 is 0. The molecule has 0 unspecified atom stereocenters. The standard InChI is InChI=1S/C16H11Cl2N/c17-14-3-1-2-11(8-14)6-12-7-13-9-15(18)4-5-16(13)19-10-12/h1-5,7-10H,6H2. The van der Waals surface area contributed by atoms with Crippen LogP contribution in [0.4, 0.5) is 0 Å². The molecule has 19 heavy (non-hydrogen) atoms. The Balaban J connectivity index is 1.97. The third-order valence-electron chi connectivity index (χ3n) is 3.00. The SMILES string of the molecule is Clc1cccc(Cc2cnc3ccc(Cl)cc3c2)c1. The van der Waals surface area contributed by atoms with Crippen LogP contribution >= 0.6 is 23.2 Å². The van der Waals surface area contributed by atoms with E-state index in [1.54, 1.807) is 0 Å². The summed E-state index contributed by atoms with van der Waals surface area (Å²) in [6, 6.07) is 15.7. The van der Waals surface area contributed by atoms with Crippen molar-refractivity contribution < 1.29 is 0 Å². The molecule has 0 aliphatic heterocycles. The maximum atomic E-state index is 6.01. The average molecular weight is 288 g/mol. The predicted octanol–water partition coefficient (Wildman–Crippen LogP) is 5.13. The Labute approximate surface area is 121 Å². The quantitative estimate of drug-likeness (QED) is 0.636. The van der Waals surface area contributed by atoms with E-state index in [0.717, 1.165) is 32.9 Å². The third kappa shape index (κ3) is 2.89. The molecule has 0 radical (unpaired) electrons. The molecule has 94 valence electrons. The molecular weight excluding hydrogens is 277 g/mol. The van der Waals surface area contributed by atoms with Crippen molar-refractivity contribution in [2.24, 2.45) is 0 Å². The molecule has 0 aliphatic carbocycles. The molecule has 0 atom stereocenters. The van der Waals surface area contributed by atoms with Gasteiger partial charge in [-0.3, -0.25) is 4.98 Å². The summed E-state index contributed by atoms with van der Waals surface area (Å²) in [6.07, 6.45) is 2.72. The van der Waals surface area contributed by atoms with Gasteiger partial charge in [0.25, 0.3) is 0 Å². The molecule has 0 spiro atoms. The van der Waals surface area contributed by atoms with Gasteiger partial charge in [0.2, 0.25) is 0 Å². The molecule has 0 fully saturated rings. The van der Waals surface area contributed by atoms with Gasteiger partial charge in [0.05, 0.1) is 5.52 Å². The van der Waals surface area contributed by atoms with E-state index in [-0.39, 0.29) is 0 Å². The van der Waals surface area contributed by atoms with Crippen molar-refractivity contribution in [1.29, 1.82) is 0 Å². The van der Waals surface area contributed by atoms with Crippen molar-refractivity contribution >= 4 is 34.1 Å². The van der Waals surface area contributed by atoms with Gasteiger partial charge in [-0.25, -0.2) is 0 Å². The molecule has 3 aromatic rings. The minimum Gasteiger partial charge on any atom is -0.256 e. The second kappa shape index (κ2) is 5.20. The highest BCUT2D eigenvalue weighted by Gasteiger charge is 2.01. The Morgan fingerprint density at radius 1 is 0.842 bits per heavy atom. The molecule has 3 heteroatoms. The summed E-state index contributed by atoms with van der Waals surface area (Å²) >= 11 is 12.0. The number of nitrogens with zero attached hydrogens (tertiary/aromatic N) is 1. The van der Waals surface area contributed by atoms with Gasteiger partial charge < -0.3 is 0 Å². The molecule has 1 heterocycles. The number of aromatic nitrogens is 1. The number of hydrogen-bond acceptors (Lipinski definition) is 1. The second-order valence-electron chi connectivity index (χ2n) is 4.49. The molecule has 0 amide bonds. The molecule has 1 nitrogen and oxygen atoms in total. The Morgan fingerprint density at radius 3 is 2.53 bits per heavy atom. The number of fused-ring (bicyclic) bond motifs is 1. The Kier molecular flexibility index (Phi) is 3.41. The van der Waals surface area contributed by atoms with Crippen LogP contribution in [0.5, 0.6) is 0 Å². The first-order valence-corrected chi connectivity index (χ1v) is 6.75. The van der Waals surface area contributed by atoms with Gasteiger partial charge in [-0.15, -0.1) is 0 Å². The van der Waals surface area contributed by atoms with Crippen molar-refractivity contribution in [2.45, 2.75) is 6.42 Å². The zero-order chi connectivity index (χ0) is 13.2. The fraction of sp³-hybridized carbons (Fsp3) is 0.0625. The lowest BCUT2D eigenvalue weighted by Crippen LogP contribution is -1.90. The first-order chi connectivity index (χ1) is 9.20. The number of hydrogen-bond donors (Lipinski definition) is 0. The second-order valence-corrected chi connectivity index (χ2v) is 5.36. The van der Waals surface area contributed by atoms with Crippen molar-refractivity contribution in [3.05, 3.63) is 75.9 Å². The molecule has 1 aromatic heterocycles. The van der Waals surface area contributed by atoms with Crippen molar-refractivity contribution in [3.8, 4) is 0 Å². The van der Waals surface area contributed by atoms with Gasteiger partial charge in [-0.05, 0) is 53.9 Å². The normalized spacial score (nSPS) is 10.8. The van der Waals surface area contributed by atoms with Crippen LogP contribution in [0.25, 0.3) is 10.9 Å². The van der Waals surface area contributed by atoms with E-state index >= 15 is 0 Å². The Morgan fingerprint density at radius 2 is 1.68 bits per heavy atom. The number of benzene rings is 2. The number of pyridine rings is 1. The fourth-order valence-corrected chi connectivity index (χ4v) is 2.52. The monoisotopic (exact) mass is 287 g/mol. The molecule has 0 N–H and O–H groups in total. The topological polar surface area (TPSA) is 12.9 Å². The van der Waals surface area contributed by atoms with E-state index in [0.29, 0.717) is 0 Å². The first kappa shape index (κ1) is 12.5. The summed E-state index contributed by atoms with van der Waals surface area (Å²) in [5, 5.41) is 2.55. The zero-order valence-corrected chi connectivity index (χ0v) is 11.6. The van der Waals surface area contributed by atoms with Crippen LogP contribution in [-0.4, -0.2) is 4.98 Å². The average Bonchev–Trinajstić information content (AvgIpc) is 2.38. The summed E-state index contributed by atoms with van der Waals surface area (Å²) in [6.45, 7) is 0. The lowest BCUT2D eigenvalue weighted by atomic mass is 10.0. The van der Waals surface area contributed by atoms with E-state index in [2.05, 4.69) is 17.1 Å². The third-order valence-corrected chi connectivity index (χ3v) is 3.47. The van der Waals surface area contributed by atoms with Crippen molar-refractivity contribution in [2.75, 3.05) is 0 Å². The summed E-state index contributed by atoms with van der Waals surface area (Å²) in [5.74, 6) is 0. The van der Waals surface area contributed by atoms with Gasteiger partial charge >= 0.3 is 0 Å². The highest BCUT2D eigenvalue weighted by Crippen LogP contribution is 2.20. The summed E-state index contributed by atoms with van der Waals surface area (Å²) in [5.41, 5.74) is 3.28. The van der Waals surface area contributed by atoms with Crippen LogP contribution in [0, 0.1) is 0 Å². The van der Waals surface area contributed by atoms with Crippen LogP contribution in [-0.2, 0) is 6.42 Å². The fourth-order valence-electron chi connectivity index (χ4n) is 2.13. The van der Waals surface area contributed by atoms with Gasteiger partial charge in [0.1, 0.15) is 0 Å². The molecule has 3 rings (SSSR count). The number of rotatable bonds is 2. The molecule has 0 saturated heterocycles. The molecule has 0 aliphatic rings. The van der Waals surface area contributed by atoms with Crippen LogP contribution in [0.1, 0.15) is 11.1 Å². The van der Waals surface area contributed by atoms with E-state index in [1.807, 2.05) is 42.6 Å². The van der Waals surface area contributed by atoms with Crippen molar-refractivity contribution in [1.82, 2.24) is 4.98 Å². The lowest BCUT2D eigenvalue weighted by Gasteiger charge is -2.04. The predicted molar refractivity (Wildman–Crippen MR) is 81.0 cm³/mol. The minimum atomic E-state index is 0.731. The van der Waals surface area contributed by atoms with Crippen LogP contribution in [0.2, 0.25) is 10.0 Å². The number of halogens is 2. The van der Waals surface area contributed by atoms with Crippen LogP contribution < -0.4 is 0 Å². The summed E-state index contributed by atoms with van der Waals surface area (Å²) in [7, 11) is 0. The van der Waals surface area contributed by atoms with E-state index < -0.39 is 0 Å². The van der Waals surface area contributed by atoms with Crippen LogP contribution in [0.15, 0.2) is 54.7 Å². The smallest absolute Gasteiger partial charge is 0.0703 e. The van der Waals surface area contributed by atoms with E-state index in [1.165, 1.54) is 5.56 Å². The van der Waals surface area contributed by atoms with E-state index in [9.17, 15) is 0 Å². The Bertz CT molecular complexity index is 738. The maximum Gasteiger partial charge on any atom is 0.0703 e. The largest absolute Gasteiger partial charge is 0.256 e. The molecule has 0 bridgehead atoms. The van der Waals surface area contributed by atoms with Gasteiger partial charge in [0.15, 0.2) is 0 Å². The lowest BCUT2D eigenvalue weighted by molar-refractivity contribution is 1.17. The Hall–Kier alpha value is -1.57. The van der Waals surface area contributed by atoms with E-state index in [4.69, 9.17) is 23.2 Å². The van der Waals surface area contributed by atoms with Crippen LogP contribution in [0.3, 0.4) is 0 Å². The van der Waals surface area contributed by atoms with Gasteiger partial charge in [-0.2, -0.15) is 0 Å². The highest BCUT2D eigenvalue weighted by atomic mass is 35.5. The van der Waals surface area contributed by atoms with Gasteiger partial charge in [-0.1, -0.05) is 35.3 Å². The molecule has 0 saturated carbocycles. The minimum absolute atomic E-state index is 0.731. The summed E-state index contributed by atoms with van der Waals surface area (Å²) in [4.78, 5) is 4.45.